The molecule has 1 aromatic carbocycles. The van der Waals surface area contributed by atoms with Crippen LogP contribution in [0.25, 0.3) is 0 Å². The van der Waals surface area contributed by atoms with E-state index in [0.29, 0.717) is 0 Å². The zero-order valence-electron chi connectivity index (χ0n) is 16.4. The van der Waals surface area contributed by atoms with Gasteiger partial charge in [-0.25, -0.2) is 9.59 Å². The number of nitrogens with zero attached hydrogens (tertiary/aromatic N) is 2. The number of hydrogen-bond donors (Lipinski definition) is 1. The number of hydrogen-bond acceptors (Lipinski definition) is 5. The first-order valence-corrected chi connectivity index (χ1v) is 9.28. The van der Waals surface area contributed by atoms with Crippen LogP contribution in [-0.4, -0.2) is 64.8 Å². The highest BCUT2D eigenvalue weighted by Crippen LogP contribution is 2.43. The van der Waals surface area contributed by atoms with E-state index in [-0.39, 0.29) is 38.7 Å². The molecule has 1 N–H and O–H groups in total. The van der Waals surface area contributed by atoms with Gasteiger partial charge in [0.25, 0.3) is 0 Å². The molecule has 0 aliphatic carbocycles. The first-order chi connectivity index (χ1) is 13.1. The van der Waals surface area contributed by atoms with Crippen molar-refractivity contribution >= 4 is 18.2 Å². The summed E-state index contributed by atoms with van der Waals surface area (Å²) in [6, 6.07) is 9.29. The largest absolute Gasteiger partial charge is 0.481 e. The molecule has 2 saturated heterocycles. The highest BCUT2D eigenvalue weighted by atomic mass is 16.6. The Kier molecular flexibility index (Phi) is 5.23. The van der Waals surface area contributed by atoms with Crippen molar-refractivity contribution in [3.8, 4) is 0 Å². The van der Waals surface area contributed by atoms with Gasteiger partial charge in [-0.2, -0.15) is 0 Å². The molecule has 28 heavy (non-hydrogen) atoms. The lowest BCUT2D eigenvalue weighted by Crippen LogP contribution is -2.44. The molecule has 2 amide bonds. The van der Waals surface area contributed by atoms with E-state index in [1.807, 2.05) is 30.3 Å². The number of rotatable bonds is 3. The summed E-state index contributed by atoms with van der Waals surface area (Å²) in [4.78, 5) is 39.7. The molecule has 0 bridgehead atoms. The number of benzene rings is 1. The number of carboxylic acids is 1. The number of aliphatic carboxylic acids is 1. The lowest BCUT2D eigenvalue weighted by atomic mass is 9.81. The van der Waals surface area contributed by atoms with Crippen LogP contribution in [0.1, 0.15) is 26.3 Å². The molecule has 1 aromatic rings. The zero-order chi connectivity index (χ0) is 20.5. The molecule has 8 heteroatoms. The van der Waals surface area contributed by atoms with Gasteiger partial charge >= 0.3 is 18.2 Å². The van der Waals surface area contributed by atoms with Gasteiger partial charge in [-0.15, -0.1) is 0 Å². The maximum atomic E-state index is 12.4. The number of carbonyl (C=O) groups excluding carboxylic acids is 2. The first-order valence-electron chi connectivity index (χ1n) is 9.28. The summed E-state index contributed by atoms with van der Waals surface area (Å²) >= 11 is 0. The average molecular weight is 390 g/mol. The van der Waals surface area contributed by atoms with E-state index >= 15 is 0 Å². The van der Waals surface area contributed by atoms with E-state index in [9.17, 15) is 19.5 Å². The van der Waals surface area contributed by atoms with Crippen molar-refractivity contribution in [3.63, 3.8) is 0 Å². The van der Waals surface area contributed by atoms with Crippen LogP contribution in [0.15, 0.2) is 30.3 Å². The third-order valence-corrected chi connectivity index (χ3v) is 5.15. The van der Waals surface area contributed by atoms with Gasteiger partial charge in [-0.05, 0) is 26.3 Å². The maximum Gasteiger partial charge on any atom is 0.410 e. The monoisotopic (exact) mass is 390 g/mol. The Hall–Kier alpha value is -2.77. The van der Waals surface area contributed by atoms with Crippen LogP contribution in [-0.2, 0) is 20.9 Å². The van der Waals surface area contributed by atoms with E-state index in [1.54, 1.807) is 20.8 Å². The summed E-state index contributed by atoms with van der Waals surface area (Å²) in [5, 5.41) is 9.86. The molecule has 2 heterocycles. The Morgan fingerprint density at radius 2 is 1.64 bits per heavy atom. The van der Waals surface area contributed by atoms with Crippen molar-refractivity contribution in [3.05, 3.63) is 35.9 Å². The van der Waals surface area contributed by atoms with Crippen molar-refractivity contribution in [1.29, 1.82) is 0 Å². The molecule has 0 spiro atoms. The number of likely N-dealkylation sites (tertiary alicyclic amines) is 2. The third-order valence-electron chi connectivity index (χ3n) is 5.15. The van der Waals surface area contributed by atoms with Crippen LogP contribution in [0.5, 0.6) is 0 Å². The number of ether oxygens (including phenoxy) is 2. The van der Waals surface area contributed by atoms with Gasteiger partial charge in [0, 0.05) is 32.1 Å². The van der Waals surface area contributed by atoms with E-state index in [0.717, 1.165) is 5.56 Å². The van der Waals surface area contributed by atoms with Gasteiger partial charge < -0.3 is 24.4 Å². The molecule has 2 atom stereocenters. The molecule has 0 radical (unpaired) electrons. The van der Waals surface area contributed by atoms with Crippen LogP contribution >= 0.6 is 0 Å². The molecule has 2 fully saturated rings. The van der Waals surface area contributed by atoms with Crippen molar-refractivity contribution in [2.75, 3.05) is 26.2 Å². The summed E-state index contributed by atoms with van der Waals surface area (Å²) < 4.78 is 10.7. The van der Waals surface area contributed by atoms with Gasteiger partial charge in [0.05, 0.1) is 0 Å². The highest BCUT2D eigenvalue weighted by molar-refractivity contribution is 5.81. The molecular formula is C20H26N2O6. The topological polar surface area (TPSA) is 96.4 Å². The van der Waals surface area contributed by atoms with E-state index < -0.39 is 29.2 Å². The Bertz CT molecular complexity index is 760. The zero-order valence-corrected chi connectivity index (χ0v) is 16.4. The lowest BCUT2D eigenvalue weighted by molar-refractivity contribution is -0.148. The second-order valence-electron chi connectivity index (χ2n) is 8.44. The fraction of sp³-hybridized carbons (Fsp3) is 0.550. The van der Waals surface area contributed by atoms with Crippen LogP contribution in [0.3, 0.4) is 0 Å². The molecule has 3 rings (SSSR count). The van der Waals surface area contributed by atoms with Crippen LogP contribution in [0, 0.1) is 11.3 Å². The van der Waals surface area contributed by atoms with Gasteiger partial charge in [-0.1, -0.05) is 30.3 Å². The number of fused-ring (bicyclic) bond motifs is 1. The SMILES string of the molecule is CC(C)(C)OC(=O)N1CC2CN(C(=O)OCc3ccccc3)C[C@]2(C(=O)O)C1. The number of carboxylic acid groups (broad SMARTS) is 1. The molecule has 0 aromatic heterocycles. The summed E-state index contributed by atoms with van der Waals surface area (Å²) in [5.74, 6) is -1.37. The second-order valence-corrected chi connectivity index (χ2v) is 8.44. The van der Waals surface area contributed by atoms with E-state index in [1.165, 1.54) is 9.80 Å². The molecule has 2 aliphatic rings. The predicted octanol–water partition coefficient (Wildman–Crippen LogP) is 2.58. The summed E-state index contributed by atoms with van der Waals surface area (Å²) in [6.45, 7) is 5.93. The van der Waals surface area contributed by atoms with Crippen molar-refractivity contribution in [2.24, 2.45) is 11.3 Å². The van der Waals surface area contributed by atoms with Crippen molar-refractivity contribution < 1.29 is 29.0 Å². The van der Waals surface area contributed by atoms with Crippen LogP contribution in [0.2, 0.25) is 0 Å². The van der Waals surface area contributed by atoms with Crippen LogP contribution in [0.4, 0.5) is 9.59 Å². The minimum Gasteiger partial charge on any atom is -0.481 e. The van der Waals surface area contributed by atoms with Gasteiger partial charge in [0.15, 0.2) is 0 Å². The Balaban J connectivity index is 1.63. The molecule has 152 valence electrons. The normalized spacial score (nSPS) is 24.0. The summed E-state index contributed by atoms with van der Waals surface area (Å²) in [5.41, 5.74) is -0.986. The molecule has 1 unspecified atom stereocenters. The lowest BCUT2D eigenvalue weighted by Gasteiger charge is -2.27. The number of carbonyl (C=O) groups is 3. The third kappa shape index (κ3) is 4.05. The van der Waals surface area contributed by atoms with E-state index in [2.05, 4.69) is 0 Å². The smallest absolute Gasteiger partial charge is 0.410 e. The van der Waals surface area contributed by atoms with E-state index in [4.69, 9.17) is 9.47 Å². The Labute approximate surface area is 164 Å². The second kappa shape index (κ2) is 7.33. The predicted molar refractivity (Wildman–Crippen MR) is 99.6 cm³/mol. The van der Waals surface area contributed by atoms with Gasteiger partial charge in [0.2, 0.25) is 0 Å². The fourth-order valence-corrected chi connectivity index (χ4v) is 3.78. The standard InChI is InChI=1S/C20H26N2O6/c1-19(2,3)28-18(26)22-10-15-9-21(12-20(15,13-22)16(23)24)17(25)27-11-14-7-5-4-6-8-14/h4-8,15H,9-13H2,1-3H3,(H,23,24)/t15?,20-/m0/s1. The number of amides is 2. The molecular weight excluding hydrogens is 364 g/mol. The van der Waals surface area contributed by atoms with Crippen molar-refractivity contribution in [1.82, 2.24) is 9.80 Å². The average Bonchev–Trinajstić information content (AvgIpc) is 3.15. The summed E-state index contributed by atoms with van der Waals surface area (Å²) in [6.07, 6.45) is -1.07. The quantitative estimate of drug-likeness (QED) is 0.852. The first kappa shape index (κ1) is 20.0. The highest BCUT2D eigenvalue weighted by Gasteiger charge is 2.60. The molecule has 0 saturated carbocycles. The van der Waals surface area contributed by atoms with Gasteiger partial charge in [-0.3, -0.25) is 4.79 Å². The van der Waals surface area contributed by atoms with Crippen LogP contribution < -0.4 is 0 Å². The minimum atomic E-state index is -1.19. The van der Waals surface area contributed by atoms with Crippen molar-refractivity contribution in [2.45, 2.75) is 33.0 Å². The Morgan fingerprint density at radius 1 is 1.07 bits per heavy atom. The minimum absolute atomic E-state index is 0.0138. The van der Waals surface area contributed by atoms with Gasteiger partial charge in [0.1, 0.15) is 17.6 Å². The summed E-state index contributed by atoms with van der Waals surface area (Å²) in [7, 11) is 0. The maximum absolute atomic E-state index is 12.4. The molecule has 2 aliphatic heterocycles. The Morgan fingerprint density at radius 3 is 2.14 bits per heavy atom. The molecule has 8 nitrogen and oxygen atoms in total. The fourth-order valence-electron chi connectivity index (χ4n) is 3.78.